The molecule has 1 saturated heterocycles. The highest BCUT2D eigenvalue weighted by molar-refractivity contribution is 5.94. The molecule has 0 aromatic heterocycles. The number of aliphatic hydroxyl groups excluding tert-OH is 1. The summed E-state index contributed by atoms with van der Waals surface area (Å²) < 4.78 is 0. The molecular formula is C23H37N3O2. The van der Waals surface area contributed by atoms with Gasteiger partial charge in [0.15, 0.2) is 0 Å². The van der Waals surface area contributed by atoms with Gasteiger partial charge < -0.3 is 20.6 Å². The Kier molecular flexibility index (Phi) is 7.13. The van der Waals surface area contributed by atoms with E-state index >= 15 is 0 Å². The van der Waals surface area contributed by atoms with Crippen LogP contribution in [0.15, 0.2) is 24.3 Å². The predicted octanol–water partition coefficient (Wildman–Crippen LogP) is 2.95. The molecule has 156 valence electrons. The topological polar surface area (TPSA) is 69.8 Å². The van der Waals surface area contributed by atoms with Crippen molar-refractivity contribution < 1.29 is 9.90 Å². The van der Waals surface area contributed by atoms with Crippen LogP contribution in [0.2, 0.25) is 0 Å². The number of piperidine rings is 1. The van der Waals surface area contributed by atoms with E-state index in [0.717, 1.165) is 38.2 Å². The molecule has 0 bridgehead atoms. The number of hydrogen-bond acceptors (Lipinski definition) is 4. The van der Waals surface area contributed by atoms with Gasteiger partial charge in [0.2, 0.25) is 5.91 Å². The van der Waals surface area contributed by atoms with Crippen LogP contribution in [0, 0.1) is 5.41 Å². The van der Waals surface area contributed by atoms with Gasteiger partial charge in [-0.25, -0.2) is 0 Å². The number of likely N-dealkylation sites (tertiary alicyclic amines) is 1. The van der Waals surface area contributed by atoms with Crippen molar-refractivity contribution in [3.05, 3.63) is 29.8 Å². The lowest BCUT2D eigenvalue weighted by atomic mass is 9.80. The monoisotopic (exact) mass is 387 g/mol. The molecule has 0 radical (unpaired) electrons. The van der Waals surface area contributed by atoms with E-state index in [1.165, 1.54) is 24.8 Å². The minimum atomic E-state index is -0.539. The molecule has 1 fully saturated rings. The van der Waals surface area contributed by atoms with Crippen LogP contribution in [-0.2, 0) is 11.2 Å². The predicted molar refractivity (Wildman–Crippen MR) is 114 cm³/mol. The largest absolute Gasteiger partial charge is 0.390 e. The summed E-state index contributed by atoms with van der Waals surface area (Å²) in [6, 6.07) is 7.90. The molecule has 0 unspecified atom stereocenters. The summed E-state index contributed by atoms with van der Waals surface area (Å²) >= 11 is 0. The molecule has 0 spiro atoms. The molecule has 2 aliphatic heterocycles. The molecule has 1 aromatic rings. The number of aryl methyl sites for hydroxylation is 1. The van der Waals surface area contributed by atoms with Crippen molar-refractivity contribution in [3.63, 3.8) is 0 Å². The molecule has 1 amide bonds. The van der Waals surface area contributed by atoms with Crippen LogP contribution >= 0.6 is 0 Å². The third-order valence-electron chi connectivity index (χ3n) is 6.22. The lowest BCUT2D eigenvalue weighted by Crippen LogP contribution is -2.47. The van der Waals surface area contributed by atoms with Crippen molar-refractivity contribution >= 4 is 11.6 Å². The minimum absolute atomic E-state index is 0.162. The number of anilines is 1. The summed E-state index contributed by atoms with van der Waals surface area (Å²) in [5.41, 5.74) is 8.42. The average molecular weight is 388 g/mol. The first-order valence-corrected chi connectivity index (χ1v) is 10.9. The van der Waals surface area contributed by atoms with Gasteiger partial charge in [-0.2, -0.15) is 0 Å². The third-order valence-corrected chi connectivity index (χ3v) is 6.22. The highest BCUT2D eigenvalue weighted by atomic mass is 16.3. The third kappa shape index (κ3) is 5.56. The van der Waals surface area contributed by atoms with Crippen molar-refractivity contribution in [2.24, 2.45) is 11.1 Å². The second-order valence-electron chi connectivity index (χ2n) is 9.42. The highest BCUT2D eigenvalue weighted by Gasteiger charge is 2.32. The number of hydrogen-bond donors (Lipinski definition) is 2. The number of aliphatic hydroxyl groups is 1. The Morgan fingerprint density at radius 3 is 2.61 bits per heavy atom. The maximum Gasteiger partial charge on any atom is 0.227 e. The second-order valence-corrected chi connectivity index (χ2v) is 9.42. The van der Waals surface area contributed by atoms with Gasteiger partial charge in [0.1, 0.15) is 0 Å². The molecule has 0 aliphatic carbocycles. The van der Waals surface area contributed by atoms with Crippen molar-refractivity contribution in [2.75, 3.05) is 31.1 Å². The Hall–Kier alpha value is -1.43. The Labute approximate surface area is 169 Å². The van der Waals surface area contributed by atoms with Crippen LogP contribution in [0.4, 0.5) is 5.69 Å². The SMILES string of the molecule is CC(C)(CC(=O)N1CCCc2ccccc21)C[C@H](N)[C@@H](O)CN1CCCCC1. The normalized spacial score (nSPS) is 20.5. The van der Waals surface area contributed by atoms with Gasteiger partial charge in [-0.05, 0) is 62.2 Å². The first-order valence-electron chi connectivity index (χ1n) is 10.9. The van der Waals surface area contributed by atoms with Crippen molar-refractivity contribution in [1.29, 1.82) is 0 Å². The van der Waals surface area contributed by atoms with Crippen molar-refractivity contribution in [3.8, 4) is 0 Å². The molecule has 5 nitrogen and oxygen atoms in total. The zero-order valence-electron chi connectivity index (χ0n) is 17.6. The van der Waals surface area contributed by atoms with Crippen LogP contribution in [0.5, 0.6) is 0 Å². The summed E-state index contributed by atoms with van der Waals surface area (Å²) in [5, 5.41) is 10.6. The van der Waals surface area contributed by atoms with Gasteiger partial charge in [0, 0.05) is 31.2 Å². The van der Waals surface area contributed by atoms with Crippen LogP contribution < -0.4 is 10.6 Å². The van der Waals surface area contributed by atoms with Gasteiger partial charge in [0.05, 0.1) is 6.10 Å². The van der Waals surface area contributed by atoms with E-state index in [9.17, 15) is 9.90 Å². The van der Waals surface area contributed by atoms with Crippen molar-refractivity contribution in [2.45, 2.75) is 70.9 Å². The molecular weight excluding hydrogens is 350 g/mol. The highest BCUT2D eigenvalue weighted by Crippen LogP contribution is 2.32. The number of amides is 1. The van der Waals surface area contributed by atoms with E-state index in [0.29, 0.717) is 19.4 Å². The maximum absolute atomic E-state index is 13.1. The van der Waals surface area contributed by atoms with E-state index in [-0.39, 0.29) is 17.4 Å². The number of rotatable bonds is 7. The molecule has 2 atom stereocenters. The second kappa shape index (κ2) is 9.38. The lowest BCUT2D eigenvalue weighted by molar-refractivity contribution is -0.120. The van der Waals surface area contributed by atoms with Gasteiger partial charge in [-0.3, -0.25) is 4.79 Å². The lowest BCUT2D eigenvalue weighted by Gasteiger charge is -2.35. The summed E-state index contributed by atoms with van der Waals surface area (Å²) in [6.45, 7) is 7.72. The molecule has 2 heterocycles. The first-order chi connectivity index (χ1) is 13.4. The minimum Gasteiger partial charge on any atom is -0.390 e. The quantitative estimate of drug-likeness (QED) is 0.755. The Morgan fingerprint density at radius 2 is 1.86 bits per heavy atom. The number of carbonyl (C=O) groups is 1. The van der Waals surface area contributed by atoms with E-state index in [1.807, 2.05) is 23.1 Å². The molecule has 28 heavy (non-hydrogen) atoms. The van der Waals surface area contributed by atoms with Crippen molar-refractivity contribution in [1.82, 2.24) is 4.90 Å². The Bertz CT molecular complexity index is 655. The first kappa shape index (κ1) is 21.3. The van der Waals surface area contributed by atoms with Crippen LogP contribution in [-0.4, -0.2) is 54.2 Å². The van der Waals surface area contributed by atoms with Gasteiger partial charge >= 0.3 is 0 Å². The molecule has 2 aliphatic rings. The van der Waals surface area contributed by atoms with Gasteiger partial charge in [-0.15, -0.1) is 0 Å². The molecule has 5 heteroatoms. The molecule has 0 saturated carbocycles. The number of carbonyl (C=O) groups excluding carboxylic acids is 1. The van der Waals surface area contributed by atoms with Crippen LogP contribution in [0.1, 0.15) is 57.9 Å². The Balaban J connectivity index is 1.55. The number of fused-ring (bicyclic) bond motifs is 1. The smallest absolute Gasteiger partial charge is 0.227 e. The number of β-amino-alcohol motifs (C(OH)–C–C–N with tert-alkyl or cyclic N) is 1. The van der Waals surface area contributed by atoms with E-state index in [4.69, 9.17) is 5.73 Å². The average Bonchev–Trinajstić information content (AvgIpc) is 2.67. The number of para-hydroxylation sites is 1. The molecule has 3 rings (SSSR count). The fraction of sp³-hybridized carbons (Fsp3) is 0.696. The zero-order chi connectivity index (χ0) is 20.1. The number of benzene rings is 1. The Morgan fingerprint density at radius 1 is 1.14 bits per heavy atom. The summed E-state index contributed by atoms with van der Waals surface area (Å²) in [5.74, 6) is 0.162. The number of nitrogens with two attached hydrogens (primary N) is 1. The molecule has 3 N–H and O–H groups in total. The van der Waals surface area contributed by atoms with E-state index < -0.39 is 6.10 Å². The zero-order valence-corrected chi connectivity index (χ0v) is 17.6. The van der Waals surface area contributed by atoms with E-state index in [2.05, 4.69) is 24.8 Å². The summed E-state index contributed by atoms with van der Waals surface area (Å²) in [7, 11) is 0. The van der Waals surface area contributed by atoms with Crippen LogP contribution in [0.25, 0.3) is 0 Å². The molecule has 1 aromatic carbocycles. The standard InChI is InChI=1S/C23H37N3O2/c1-23(2,15-19(24)21(27)17-25-12-6-3-7-13-25)16-22(28)26-14-8-10-18-9-4-5-11-20(18)26/h4-5,9,11,19,21,27H,3,6-8,10,12-17,24H2,1-2H3/t19-,21-/m0/s1. The van der Waals surface area contributed by atoms with Crippen LogP contribution in [0.3, 0.4) is 0 Å². The van der Waals surface area contributed by atoms with E-state index in [1.54, 1.807) is 0 Å². The fourth-order valence-electron chi connectivity index (χ4n) is 4.69. The fourth-order valence-corrected chi connectivity index (χ4v) is 4.69. The summed E-state index contributed by atoms with van der Waals surface area (Å²) in [4.78, 5) is 17.3. The van der Waals surface area contributed by atoms with Gasteiger partial charge in [-0.1, -0.05) is 38.5 Å². The van der Waals surface area contributed by atoms with Gasteiger partial charge in [0.25, 0.3) is 0 Å². The number of nitrogens with zero attached hydrogens (tertiary/aromatic N) is 2. The summed E-state index contributed by atoms with van der Waals surface area (Å²) in [6.07, 6.45) is 6.30. The maximum atomic E-state index is 13.1.